The monoisotopic (exact) mass is 316 g/mol. The SMILES string of the molecule is C[C@H]1OCC[C@H]1NC(=O)C1(C)CCN(Cc2ccccc2)CC1. The van der Waals surface area contributed by atoms with Gasteiger partial charge in [0.15, 0.2) is 0 Å². The fraction of sp³-hybridized carbons (Fsp3) is 0.632. The lowest BCUT2D eigenvalue weighted by atomic mass is 9.79. The molecule has 0 aliphatic carbocycles. The maximum atomic E-state index is 12.7. The second kappa shape index (κ2) is 7.02. The van der Waals surface area contributed by atoms with Crippen LogP contribution in [0.4, 0.5) is 0 Å². The Morgan fingerprint density at radius 1 is 1.30 bits per heavy atom. The summed E-state index contributed by atoms with van der Waals surface area (Å²) in [4.78, 5) is 15.2. The molecule has 2 fully saturated rings. The fourth-order valence-electron chi connectivity index (χ4n) is 3.54. The van der Waals surface area contributed by atoms with Gasteiger partial charge in [0.25, 0.3) is 0 Å². The van der Waals surface area contributed by atoms with Gasteiger partial charge in [0.1, 0.15) is 0 Å². The maximum Gasteiger partial charge on any atom is 0.226 e. The Bertz CT molecular complexity index is 523. The molecule has 2 atom stereocenters. The van der Waals surface area contributed by atoms with Crippen LogP contribution in [0.2, 0.25) is 0 Å². The molecule has 0 bridgehead atoms. The first-order valence-electron chi connectivity index (χ1n) is 8.76. The summed E-state index contributed by atoms with van der Waals surface area (Å²) in [5.74, 6) is 0.208. The van der Waals surface area contributed by atoms with Gasteiger partial charge in [0.05, 0.1) is 12.1 Å². The largest absolute Gasteiger partial charge is 0.376 e. The molecule has 1 N–H and O–H groups in total. The standard InChI is InChI=1S/C19H28N2O2/c1-15-17(8-13-23-15)20-18(22)19(2)9-11-21(12-10-19)14-16-6-4-3-5-7-16/h3-7,15,17H,8-14H2,1-2H3,(H,20,22)/t15-,17-/m1/s1. The highest BCUT2D eigenvalue weighted by atomic mass is 16.5. The Labute approximate surface area is 139 Å². The number of nitrogens with one attached hydrogen (secondary N) is 1. The Hall–Kier alpha value is -1.39. The lowest BCUT2D eigenvalue weighted by molar-refractivity contribution is -0.134. The molecule has 2 heterocycles. The minimum Gasteiger partial charge on any atom is -0.376 e. The Morgan fingerprint density at radius 3 is 2.61 bits per heavy atom. The summed E-state index contributed by atoms with van der Waals surface area (Å²) < 4.78 is 5.55. The van der Waals surface area contributed by atoms with Crippen LogP contribution in [0.5, 0.6) is 0 Å². The quantitative estimate of drug-likeness (QED) is 0.928. The minimum atomic E-state index is -0.241. The molecule has 2 saturated heterocycles. The molecule has 1 aromatic carbocycles. The van der Waals surface area contributed by atoms with Crippen molar-refractivity contribution in [2.45, 2.75) is 51.8 Å². The van der Waals surface area contributed by atoms with E-state index in [1.54, 1.807) is 0 Å². The molecule has 126 valence electrons. The normalized spacial score (nSPS) is 27.7. The van der Waals surface area contributed by atoms with E-state index in [1.165, 1.54) is 5.56 Å². The summed E-state index contributed by atoms with van der Waals surface area (Å²) in [7, 11) is 0. The van der Waals surface area contributed by atoms with Gasteiger partial charge in [0, 0.05) is 18.6 Å². The van der Waals surface area contributed by atoms with E-state index in [9.17, 15) is 4.79 Å². The molecule has 0 spiro atoms. The molecule has 23 heavy (non-hydrogen) atoms. The molecule has 0 radical (unpaired) electrons. The Morgan fingerprint density at radius 2 is 2.00 bits per heavy atom. The first-order valence-corrected chi connectivity index (χ1v) is 8.76. The van der Waals surface area contributed by atoms with Crippen LogP contribution in [0.3, 0.4) is 0 Å². The zero-order chi connectivity index (χ0) is 16.3. The summed E-state index contributed by atoms with van der Waals surface area (Å²) in [6.07, 6.45) is 2.92. The molecular formula is C19H28N2O2. The van der Waals surface area contributed by atoms with E-state index in [4.69, 9.17) is 4.74 Å². The first kappa shape index (κ1) is 16.5. The van der Waals surface area contributed by atoms with Crippen LogP contribution in [-0.4, -0.2) is 42.6 Å². The molecule has 4 heteroatoms. The zero-order valence-corrected chi connectivity index (χ0v) is 14.3. The van der Waals surface area contributed by atoms with Crippen LogP contribution in [0.1, 0.15) is 38.7 Å². The van der Waals surface area contributed by atoms with Crippen LogP contribution in [0.15, 0.2) is 30.3 Å². The number of hydrogen-bond acceptors (Lipinski definition) is 3. The number of amides is 1. The van der Waals surface area contributed by atoms with E-state index in [1.807, 2.05) is 6.92 Å². The van der Waals surface area contributed by atoms with Crippen molar-refractivity contribution in [3.63, 3.8) is 0 Å². The third-order valence-corrected chi connectivity index (χ3v) is 5.45. The predicted molar refractivity (Wildman–Crippen MR) is 91.0 cm³/mol. The third kappa shape index (κ3) is 3.93. The van der Waals surface area contributed by atoms with Crippen molar-refractivity contribution in [3.05, 3.63) is 35.9 Å². The van der Waals surface area contributed by atoms with Crippen LogP contribution >= 0.6 is 0 Å². The highest BCUT2D eigenvalue weighted by molar-refractivity contribution is 5.82. The fourth-order valence-corrected chi connectivity index (χ4v) is 3.54. The van der Waals surface area contributed by atoms with Crippen LogP contribution in [0, 0.1) is 5.41 Å². The van der Waals surface area contributed by atoms with Crippen LogP contribution in [0.25, 0.3) is 0 Å². The van der Waals surface area contributed by atoms with Gasteiger partial charge < -0.3 is 10.1 Å². The second-order valence-corrected chi connectivity index (χ2v) is 7.27. The molecule has 4 nitrogen and oxygen atoms in total. The van der Waals surface area contributed by atoms with Crippen molar-refractivity contribution < 1.29 is 9.53 Å². The van der Waals surface area contributed by atoms with Crippen molar-refractivity contribution in [2.75, 3.05) is 19.7 Å². The van der Waals surface area contributed by atoms with Gasteiger partial charge in [0.2, 0.25) is 5.91 Å². The van der Waals surface area contributed by atoms with E-state index >= 15 is 0 Å². The average molecular weight is 316 g/mol. The summed E-state index contributed by atoms with van der Waals surface area (Å²) in [6, 6.07) is 10.7. The average Bonchev–Trinajstić information content (AvgIpc) is 2.96. The molecular weight excluding hydrogens is 288 g/mol. The zero-order valence-electron chi connectivity index (χ0n) is 14.3. The molecule has 2 aliphatic heterocycles. The van der Waals surface area contributed by atoms with Gasteiger partial charge >= 0.3 is 0 Å². The minimum absolute atomic E-state index is 0.140. The highest BCUT2D eigenvalue weighted by Crippen LogP contribution is 2.32. The van der Waals surface area contributed by atoms with E-state index in [0.29, 0.717) is 0 Å². The smallest absolute Gasteiger partial charge is 0.226 e. The molecule has 2 aliphatic rings. The number of carbonyl (C=O) groups excluding carboxylic acids is 1. The molecule has 0 unspecified atom stereocenters. The number of hydrogen-bond donors (Lipinski definition) is 1. The molecule has 3 rings (SSSR count). The Kier molecular flexibility index (Phi) is 5.02. The topological polar surface area (TPSA) is 41.6 Å². The van der Waals surface area contributed by atoms with E-state index in [-0.39, 0.29) is 23.5 Å². The lowest BCUT2D eigenvalue weighted by Crippen LogP contribution is -2.50. The Balaban J connectivity index is 1.51. The number of benzene rings is 1. The highest BCUT2D eigenvalue weighted by Gasteiger charge is 2.39. The third-order valence-electron chi connectivity index (χ3n) is 5.45. The lowest BCUT2D eigenvalue weighted by Gasteiger charge is -2.39. The number of carbonyl (C=O) groups is 1. The van der Waals surface area contributed by atoms with Crippen LogP contribution in [-0.2, 0) is 16.1 Å². The van der Waals surface area contributed by atoms with Gasteiger partial charge in [-0.2, -0.15) is 0 Å². The number of rotatable bonds is 4. The van der Waals surface area contributed by atoms with Crippen molar-refractivity contribution in [1.29, 1.82) is 0 Å². The van der Waals surface area contributed by atoms with E-state index in [0.717, 1.165) is 45.5 Å². The van der Waals surface area contributed by atoms with Crippen molar-refractivity contribution in [3.8, 4) is 0 Å². The number of ether oxygens (including phenoxy) is 1. The van der Waals surface area contributed by atoms with E-state index < -0.39 is 0 Å². The summed E-state index contributed by atoms with van der Waals surface area (Å²) >= 11 is 0. The van der Waals surface area contributed by atoms with Gasteiger partial charge in [-0.3, -0.25) is 9.69 Å². The van der Waals surface area contributed by atoms with Crippen molar-refractivity contribution in [2.24, 2.45) is 5.41 Å². The molecule has 0 aromatic heterocycles. The number of piperidine rings is 1. The number of likely N-dealkylation sites (tertiary alicyclic amines) is 1. The van der Waals surface area contributed by atoms with Crippen molar-refractivity contribution in [1.82, 2.24) is 10.2 Å². The van der Waals surface area contributed by atoms with Gasteiger partial charge in [-0.25, -0.2) is 0 Å². The summed E-state index contributed by atoms with van der Waals surface area (Å²) in [6.45, 7) is 7.86. The summed E-state index contributed by atoms with van der Waals surface area (Å²) in [5.41, 5.74) is 1.10. The van der Waals surface area contributed by atoms with Gasteiger partial charge in [-0.15, -0.1) is 0 Å². The maximum absolute atomic E-state index is 12.7. The van der Waals surface area contributed by atoms with Crippen molar-refractivity contribution >= 4 is 5.91 Å². The summed E-state index contributed by atoms with van der Waals surface area (Å²) in [5, 5.41) is 3.22. The second-order valence-electron chi connectivity index (χ2n) is 7.27. The predicted octanol–water partition coefficient (Wildman–Crippen LogP) is 2.58. The molecule has 1 amide bonds. The first-order chi connectivity index (χ1) is 11.1. The number of nitrogens with zero attached hydrogens (tertiary/aromatic N) is 1. The molecule has 0 saturated carbocycles. The van der Waals surface area contributed by atoms with Gasteiger partial charge in [-0.05, 0) is 44.8 Å². The van der Waals surface area contributed by atoms with Crippen LogP contribution < -0.4 is 5.32 Å². The van der Waals surface area contributed by atoms with Gasteiger partial charge in [-0.1, -0.05) is 37.3 Å². The van der Waals surface area contributed by atoms with E-state index in [2.05, 4.69) is 47.5 Å². The molecule has 1 aromatic rings.